The molecule has 3 aliphatic heterocycles. The van der Waals surface area contributed by atoms with E-state index in [-0.39, 0.29) is 68.3 Å². The lowest BCUT2D eigenvalue weighted by Crippen LogP contribution is -2.54. The third kappa shape index (κ3) is 16.4. The minimum absolute atomic E-state index is 0.00167. The number of imide groups is 1. The minimum atomic E-state index is -1.04. The molecule has 2 unspecified atom stereocenters. The zero-order chi connectivity index (χ0) is 55.6. The van der Waals surface area contributed by atoms with Crippen LogP contribution < -0.4 is 37.1 Å². The standard InChI is InChI=1S/C55H74N12O10/c1-6-7-28-76-53-36(4)48(57)42-30-41(31-56)67(50(42)63-53)33-39-17-14-38(29-44(39)75-5)32-64-24-26-65(27-25-64)55(74)77-34-37-15-18-40(19-16-37)60-51(71)43(12-11-22-59-54(58)73)61-52(72)49(35(2)3)62-45(68)13-9-8-10-23-66-46(69)20-21-47(66)70/h14-21,29-30,35-36,43,49,53,57,63H,6-13,22-28,32-34H2,1-5H3,(H,60,71)(H,61,72)(H,62,68)(H3,58,59,73)/t36?,43-,49-,53?/m0/s1. The Morgan fingerprint density at radius 3 is 2.27 bits per heavy atom. The van der Waals surface area contributed by atoms with Crippen molar-refractivity contribution in [2.45, 2.75) is 117 Å². The molecule has 77 heavy (non-hydrogen) atoms. The number of nitriles is 1. The van der Waals surface area contributed by atoms with Gasteiger partial charge in [0.1, 0.15) is 48.2 Å². The number of anilines is 2. The van der Waals surface area contributed by atoms with Gasteiger partial charge in [-0.3, -0.25) is 33.8 Å². The van der Waals surface area contributed by atoms with Crippen LogP contribution in [0.3, 0.4) is 0 Å². The van der Waals surface area contributed by atoms with E-state index in [9.17, 15) is 38.8 Å². The average molecular weight is 1060 g/mol. The highest BCUT2D eigenvalue weighted by molar-refractivity contribution is 6.12. The Bertz CT molecular complexity index is 2650. The molecule has 0 radical (unpaired) electrons. The van der Waals surface area contributed by atoms with Gasteiger partial charge in [-0.25, -0.2) is 9.59 Å². The Labute approximate surface area is 449 Å². The number of hydrogen-bond donors (Lipinski definition) is 7. The molecule has 1 aromatic heterocycles. The van der Waals surface area contributed by atoms with E-state index in [4.69, 9.17) is 25.4 Å². The van der Waals surface area contributed by atoms with Gasteiger partial charge in [-0.15, -0.1) is 0 Å². The smallest absolute Gasteiger partial charge is 0.410 e. The summed E-state index contributed by atoms with van der Waals surface area (Å²) in [6, 6.07) is 14.1. The number of nitrogens with two attached hydrogens (primary N) is 1. The summed E-state index contributed by atoms with van der Waals surface area (Å²) in [6.07, 6.45) is 5.71. The Balaban J connectivity index is 0.953. The van der Waals surface area contributed by atoms with Crippen molar-refractivity contribution in [3.63, 3.8) is 0 Å². The van der Waals surface area contributed by atoms with Gasteiger partial charge >= 0.3 is 12.1 Å². The first-order valence-electron chi connectivity index (χ1n) is 26.5. The molecular formula is C55H74N12O10. The Hall–Kier alpha value is -7.77. The van der Waals surface area contributed by atoms with E-state index in [1.54, 1.807) is 56.2 Å². The van der Waals surface area contributed by atoms with Crippen molar-refractivity contribution in [3.8, 4) is 11.8 Å². The van der Waals surface area contributed by atoms with Gasteiger partial charge in [-0.1, -0.05) is 64.8 Å². The summed E-state index contributed by atoms with van der Waals surface area (Å²) >= 11 is 0. The third-order valence-electron chi connectivity index (χ3n) is 13.8. The molecule has 8 amide bonds. The van der Waals surface area contributed by atoms with Gasteiger partial charge in [-0.05, 0) is 73.4 Å². The van der Waals surface area contributed by atoms with Crippen molar-refractivity contribution in [1.82, 2.24) is 35.2 Å². The van der Waals surface area contributed by atoms with Crippen LogP contribution in [-0.2, 0) is 53.1 Å². The number of unbranched alkanes of at least 4 members (excludes halogenated alkanes) is 3. The molecule has 3 aromatic rings. The number of urea groups is 1. The summed E-state index contributed by atoms with van der Waals surface area (Å²) in [5.41, 5.74) is 9.80. The highest BCUT2D eigenvalue weighted by Crippen LogP contribution is 2.34. The van der Waals surface area contributed by atoms with Crippen LogP contribution in [0.2, 0.25) is 0 Å². The first-order valence-corrected chi connectivity index (χ1v) is 26.5. The van der Waals surface area contributed by atoms with Crippen LogP contribution >= 0.6 is 0 Å². The van der Waals surface area contributed by atoms with Crippen molar-refractivity contribution < 1.29 is 47.8 Å². The number of carbonyl (C=O) groups is 7. The number of hydrogen-bond acceptors (Lipinski definition) is 14. The van der Waals surface area contributed by atoms with Gasteiger partial charge < -0.3 is 61.4 Å². The molecule has 1 fully saturated rings. The molecular weight excluding hydrogens is 989 g/mol. The summed E-state index contributed by atoms with van der Waals surface area (Å²) in [6.45, 7) is 11.8. The number of nitrogens with one attached hydrogen (secondary N) is 6. The summed E-state index contributed by atoms with van der Waals surface area (Å²) in [7, 11) is 1.62. The van der Waals surface area contributed by atoms with E-state index in [1.807, 2.05) is 29.7 Å². The maximum atomic E-state index is 13.7. The highest BCUT2D eigenvalue weighted by Gasteiger charge is 2.34. The molecule has 4 atom stereocenters. The summed E-state index contributed by atoms with van der Waals surface area (Å²) in [4.78, 5) is 93.3. The number of piperazine rings is 1. The molecule has 3 aliphatic rings. The topological polar surface area (TPSA) is 296 Å². The Kier molecular flexibility index (Phi) is 21.6. The van der Waals surface area contributed by atoms with Crippen molar-refractivity contribution in [2.75, 3.05) is 63.6 Å². The van der Waals surface area contributed by atoms with Gasteiger partial charge in [-0.2, -0.15) is 5.26 Å². The van der Waals surface area contributed by atoms with Gasteiger partial charge in [0, 0.05) is 99.4 Å². The normalized spacial score (nSPS) is 17.0. The summed E-state index contributed by atoms with van der Waals surface area (Å²) < 4.78 is 19.5. The Morgan fingerprint density at radius 2 is 1.61 bits per heavy atom. The second kappa shape index (κ2) is 28.4. The van der Waals surface area contributed by atoms with Crippen molar-refractivity contribution in [3.05, 3.63) is 88.6 Å². The zero-order valence-electron chi connectivity index (χ0n) is 44.8. The van der Waals surface area contributed by atoms with Gasteiger partial charge in [0.05, 0.1) is 13.7 Å². The van der Waals surface area contributed by atoms with Crippen LogP contribution in [0, 0.1) is 28.6 Å². The number of fused-ring (bicyclic) bond motifs is 1. The number of primary amides is 1. The predicted molar refractivity (Wildman–Crippen MR) is 287 cm³/mol. The minimum Gasteiger partial charge on any atom is -0.496 e. The largest absolute Gasteiger partial charge is 0.496 e. The summed E-state index contributed by atoms with van der Waals surface area (Å²) in [5, 5.41) is 33.3. The fourth-order valence-corrected chi connectivity index (χ4v) is 9.26. The second-order valence-electron chi connectivity index (χ2n) is 19.9. The van der Waals surface area contributed by atoms with E-state index in [0.717, 1.165) is 28.9 Å². The number of carbonyl (C=O) groups excluding carboxylic acids is 7. The molecule has 4 heterocycles. The van der Waals surface area contributed by atoms with E-state index in [1.165, 1.54) is 12.2 Å². The number of methoxy groups -OCH3 is 1. The molecule has 6 rings (SSSR count). The molecule has 0 spiro atoms. The third-order valence-corrected chi connectivity index (χ3v) is 13.8. The second-order valence-corrected chi connectivity index (χ2v) is 19.9. The number of amides is 8. The molecule has 22 heteroatoms. The maximum absolute atomic E-state index is 13.7. The maximum Gasteiger partial charge on any atom is 0.410 e. The predicted octanol–water partition coefficient (Wildman–Crippen LogP) is 4.94. The number of aromatic nitrogens is 1. The van der Waals surface area contributed by atoms with Gasteiger partial charge in [0.25, 0.3) is 11.8 Å². The van der Waals surface area contributed by atoms with Crippen molar-refractivity contribution >= 4 is 58.9 Å². The molecule has 0 aliphatic carbocycles. The van der Waals surface area contributed by atoms with E-state index >= 15 is 0 Å². The van der Waals surface area contributed by atoms with Gasteiger partial charge in [0.15, 0.2) is 0 Å². The van der Waals surface area contributed by atoms with Crippen LogP contribution in [0.4, 0.5) is 21.1 Å². The molecule has 22 nitrogen and oxygen atoms in total. The van der Waals surface area contributed by atoms with Crippen LogP contribution in [0.1, 0.15) is 107 Å². The molecule has 414 valence electrons. The highest BCUT2D eigenvalue weighted by atomic mass is 16.6. The fourth-order valence-electron chi connectivity index (χ4n) is 9.26. The molecule has 2 aromatic carbocycles. The van der Waals surface area contributed by atoms with Crippen LogP contribution in [0.25, 0.3) is 0 Å². The van der Waals surface area contributed by atoms with Crippen LogP contribution in [0.5, 0.6) is 5.75 Å². The number of rotatable bonds is 27. The van der Waals surface area contributed by atoms with Crippen LogP contribution in [-0.4, -0.2) is 138 Å². The summed E-state index contributed by atoms with van der Waals surface area (Å²) in [5.74, 6) is -1.29. The van der Waals surface area contributed by atoms with E-state index < -0.39 is 36.0 Å². The van der Waals surface area contributed by atoms with E-state index in [0.29, 0.717) is 111 Å². The molecule has 1 saturated heterocycles. The first kappa shape index (κ1) is 58.5. The van der Waals surface area contributed by atoms with Crippen molar-refractivity contribution in [1.29, 1.82) is 10.7 Å². The average Bonchev–Trinajstić information content (AvgIpc) is 3.96. The number of nitrogens with zero attached hydrogens (tertiary/aromatic N) is 5. The monoisotopic (exact) mass is 1060 g/mol. The number of benzene rings is 2. The first-order chi connectivity index (χ1) is 37.0. The number of ether oxygens (including phenoxy) is 3. The van der Waals surface area contributed by atoms with Crippen molar-refractivity contribution in [2.24, 2.45) is 17.6 Å². The zero-order valence-corrected chi connectivity index (χ0v) is 44.8. The lowest BCUT2D eigenvalue weighted by molar-refractivity contribution is -0.137. The fraction of sp³-hybridized carbons (Fsp3) is 0.509. The van der Waals surface area contributed by atoms with E-state index in [2.05, 4.69) is 44.5 Å². The van der Waals surface area contributed by atoms with Crippen LogP contribution in [0.15, 0.2) is 60.7 Å². The molecule has 8 N–H and O–H groups in total. The molecule has 0 bridgehead atoms. The van der Waals surface area contributed by atoms with Gasteiger partial charge in [0.2, 0.25) is 17.7 Å². The SMILES string of the molecule is CCCCOC1Nc2c(cc(C#N)n2Cc2ccc(CN3CCN(C(=O)OCc4ccc(NC(=O)[C@H](CCCNC(N)=O)NC(=O)[C@@H](NC(=O)CCCCCN5C(=O)C=CC5=O)C(C)C)cc4)CC3)cc2OC)C(=N)C1C. The lowest BCUT2D eigenvalue weighted by atomic mass is 9.94. The quantitative estimate of drug-likeness (QED) is 0.0394. The molecule has 0 saturated carbocycles. The Morgan fingerprint density at radius 1 is 0.896 bits per heavy atom. The lowest BCUT2D eigenvalue weighted by Gasteiger charge is -2.34.